The molecule has 0 saturated heterocycles. The Morgan fingerprint density at radius 1 is 1.04 bits per heavy atom. The van der Waals surface area contributed by atoms with Crippen LogP contribution in [0.4, 0.5) is 17.2 Å². The highest BCUT2D eigenvalue weighted by Gasteiger charge is 2.13. The molecule has 2 aromatic carbocycles. The number of amides is 1. The van der Waals surface area contributed by atoms with Crippen molar-refractivity contribution in [3.8, 4) is 11.5 Å². The fourth-order valence-electron chi connectivity index (χ4n) is 2.49. The van der Waals surface area contributed by atoms with E-state index in [1.165, 1.54) is 6.33 Å². The minimum atomic E-state index is -0.347. The molecule has 0 saturated carbocycles. The molecule has 144 valence electrons. The largest absolute Gasteiger partial charge is 0.497 e. The Kier molecular flexibility index (Phi) is 6.06. The topological polar surface area (TPSA) is 85.4 Å². The lowest BCUT2D eigenvalue weighted by Crippen LogP contribution is -2.16. The highest BCUT2D eigenvalue weighted by atomic mass is 16.5. The molecular formula is C21H22N4O3. The average molecular weight is 378 g/mol. The Morgan fingerprint density at radius 2 is 1.79 bits per heavy atom. The zero-order valence-electron chi connectivity index (χ0n) is 16.0. The van der Waals surface area contributed by atoms with Crippen LogP contribution in [0.15, 0.2) is 60.9 Å². The lowest BCUT2D eigenvalue weighted by Gasteiger charge is -2.14. The number of methoxy groups -OCH3 is 1. The van der Waals surface area contributed by atoms with E-state index in [-0.39, 0.29) is 17.7 Å². The summed E-state index contributed by atoms with van der Waals surface area (Å²) in [6, 6.07) is 16.3. The quantitative estimate of drug-likeness (QED) is 0.639. The van der Waals surface area contributed by atoms with Gasteiger partial charge in [0.1, 0.15) is 29.3 Å². The summed E-state index contributed by atoms with van der Waals surface area (Å²) in [5.74, 6) is 1.53. The van der Waals surface area contributed by atoms with Crippen molar-refractivity contribution in [3.05, 3.63) is 66.6 Å². The molecule has 0 aliphatic rings. The van der Waals surface area contributed by atoms with Gasteiger partial charge in [-0.2, -0.15) is 0 Å². The molecular weight excluding hydrogens is 356 g/mol. The van der Waals surface area contributed by atoms with Crippen LogP contribution < -0.4 is 20.1 Å². The van der Waals surface area contributed by atoms with Crippen molar-refractivity contribution < 1.29 is 14.3 Å². The molecule has 0 spiro atoms. The van der Waals surface area contributed by atoms with Gasteiger partial charge in [-0.1, -0.05) is 12.1 Å². The molecule has 0 fully saturated rings. The summed E-state index contributed by atoms with van der Waals surface area (Å²) >= 11 is 0. The Balaban J connectivity index is 1.73. The van der Waals surface area contributed by atoms with Crippen molar-refractivity contribution in [2.24, 2.45) is 0 Å². The maximum absolute atomic E-state index is 12.6. The molecule has 3 rings (SSSR count). The molecule has 0 radical (unpaired) electrons. The molecule has 1 heterocycles. The molecule has 0 bridgehead atoms. The average Bonchev–Trinajstić information content (AvgIpc) is 2.70. The van der Waals surface area contributed by atoms with Crippen LogP contribution in [0.5, 0.6) is 11.5 Å². The number of nitrogens with one attached hydrogen (secondary N) is 2. The van der Waals surface area contributed by atoms with Crippen molar-refractivity contribution in [1.29, 1.82) is 0 Å². The van der Waals surface area contributed by atoms with E-state index in [0.717, 1.165) is 11.4 Å². The first-order chi connectivity index (χ1) is 13.5. The smallest absolute Gasteiger partial charge is 0.274 e. The molecule has 1 aromatic heterocycles. The maximum Gasteiger partial charge on any atom is 0.274 e. The van der Waals surface area contributed by atoms with Crippen LogP contribution in [0.3, 0.4) is 0 Å². The monoisotopic (exact) mass is 378 g/mol. The molecule has 28 heavy (non-hydrogen) atoms. The lowest BCUT2D eigenvalue weighted by molar-refractivity contribution is 0.102. The van der Waals surface area contributed by atoms with Crippen molar-refractivity contribution >= 4 is 23.1 Å². The number of ether oxygens (including phenoxy) is 2. The summed E-state index contributed by atoms with van der Waals surface area (Å²) in [5, 5.41) is 5.98. The predicted octanol–water partition coefficient (Wildman–Crippen LogP) is 4.27. The van der Waals surface area contributed by atoms with Crippen LogP contribution >= 0.6 is 0 Å². The second-order valence-electron chi connectivity index (χ2n) is 6.26. The van der Waals surface area contributed by atoms with Crippen LogP contribution in [0.25, 0.3) is 0 Å². The summed E-state index contributed by atoms with van der Waals surface area (Å²) in [7, 11) is 1.61. The van der Waals surface area contributed by atoms with Crippen molar-refractivity contribution in [2.75, 3.05) is 17.7 Å². The molecule has 1 amide bonds. The van der Waals surface area contributed by atoms with Crippen molar-refractivity contribution in [1.82, 2.24) is 9.97 Å². The number of aromatic nitrogens is 2. The van der Waals surface area contributed by atoms with E-state index in [1.54, 1.807) is 19.2 Å². The first-order valence-corrected chi connectivity index (χ1v) is 8.85. The fourth-order valence-corrected chi connectivity index (χ4v) is 2.49. The van der Waals surface area contributed by atoms with Gasteiger partial charge in [0.05, 0.1) is 18.9 Å². The molecule has 0 unspecified atom stereocenters. The first-order valence-electron chi connectivity index (χ1n) is 8.85. The van der Waals surface area contributed by atoms with E-state index in [4.69, 9.17) is 9.47 Å². The number of para-hydroxylation sites is 2. The Morgan fingerprint density at radius 3 is 2.50 bits per heavy atom. The zero-order valence-corrected chi connectivity index (χ0v) is 16.0. The zero-order chi connectivity index (χ0) is 19.9. The first kappa shape index (κ1) is 19.2. The van der Waals surface area contributed by atoms with E-state index < -0.39 is 0 Å². The highest BCUT2D eigenvalue weighted by Crippen LogP contribution is 2.25. The van der Waals surface area contributed by atoms with Gasteiger partial charge in [-0.05, 0) is 50.2 Å². The van der Waals surface area contributed by atoms with Gasteiger partial charge in [-0.15, -0.1) is 0 Å². The predicted molar refractivity (Wildman–Crippen MR) is 108 cm³/mol. The summed E-state index contributed by atoms with van der Waals surface area (Å²) in [5.41, 5.74) is 1.65. The number of anilines is 3. The van der Waals surface area contributed by atoms with Crippen LogP contribution in [0, 0.1) is 0 Å². The second-order valence-corrected chi connectivity index (χ2v) is 6.26. The second kappa shape index (κ2) is 8.85. The highest BCUT2D eigenvalue weighted by molar-refractivity contribution is 6.04. The van der Waals surface area contributed by atoms with E-state index in [0.29, 0.717) is 17.3 Å². The van der Waals surface area contributed by atoms with E-state index in [2.05, 4.69) is 20.6 Å². The van der Waals surface area contributed by atoms with Crippen LogP contribution in [0.2, 0.25) is 0 Å². The van der Waals surface area contributed by atoms with Crippen molar-refractivity contribution in [2.45, 2.75) is 20.0 Å². The van der Waals surface area contributed by atoms with Gasteiger partial charge in [-0.25, -0.2) is 9.97 Å². The molecule has 3 aromatic rings. The third-order valence-corrected chi connectivity index (χ3v) is 3.76. The summed E-state index contributed by atoms with van der Waals surface area (Å²) in [6.45, 7) is 3.86. The Hall–Kier alpha value is -3.61. The van der Waals surface area contributed by atoms with Gasteiger partial charge in [0.2, 0.25) is 0 Å². The number of carbonyl (C=O) groups is 1. The number of carbonyl (C=O) groups excluding carboxylic acids is 1. The third kappa shape index (κ3) is 4.97. The lowest BCUT2D eigenvalue weighted by atomic mass is 10.2. The number of hydrogen-bond acceptors (Lipinski definition) is 6. The van der Waals surface area contributed by atoms with Gasteiger partial charge >= 0.3 is 0 Å². The number of benzene rings is 2. The third-order valence-electron chi connectivity index (χ3n) is 3.76. The molecule has 0 atom stereocenters. The summed E-state index contributed by atoms with van der Waals surface area (Å²) in [4.78, 5) is 20.9. The molecule has 0 aliphatic heterocycles. The molecule has 7 nitrogen and oxygen atoms in total. The number of hydrogen-bond donors (Lipinski definition) is 2. The van der Waals surface area contributed by atoms with Gasteiger partial charge in [0.15, 0.2) is 0 Å². The standard InChI is InChI=1S/C21H22N4O3/c1-14(2)28-19-7-5-4-6-17(19)25-21(26)18-12-20(23-13-22-18)24-15-8-10-16(27-3)11-9-15/h4-14H,1-3H3,(H,25,26)(H,22,23,24). The van der Waals surface area contributed by atoms with Crippen molar-refractivity contribution in [3.63, 3.8) is 0 Å². The van der Waals surface area contributed by atoms with Gasteiger partial charge in [0, 0.05) is 11.8 Å². The van der Waals surface area contributed by atoms with Crippen LogP contribution in [0.1, 0.15) is 24.3 Å². The van der Waals surface area contributed by atoms with E-state index in [1.807, 2.05) is 56.3 Å². The minimum absolute atomic E-state index is 0.00241. The normalized spacial score (nSPS) is 10.4. The fraction of sp³-hybridized carbons (Fsp3) is 0.190. The summed E-state index contributed by atoms with van der Waals surface area (Å²) < 4.78 is 10.9. The van der Waals surface area contributed by atoms with Crippen LogP contribution in [-0.4, -0.2) is 29.1 Å². The van der Waals surface area contributed by atoms with Gasteiger partial charge in [-0.3, -0.25) is 4.79 Å². The molecule has 0 aliphatic carbocycles. The molecule has 7 heteroatoms. The Labute approximate surface area is 163 Å². The van der Waals surface area contributed by atoms with Gasteiger partial charge < -0.3 is 20.1 Å². The maximum atomic E-state index is 12.6. The van der Waals surface area contributed by atoms with Gasteiger partial charge in [0.25, 0.3) is 5.91 Å². The van der Waals surface area contributed by atoms with Crippen LogP contribution in [-0.2, 0) is 0 Å². The molecule has 2 N–H and O–H groups in total. The number of rotatable bonds is 7. The van der Waals surface area contributed by atoms with E-state index >= 15 is 0 Å². The number of nitrogens with zero attached hydrogens (tertiary/aromatic N) is 2. The SMILES string of the molecule is COc1ccc(Nc2cc(C(=O)Nc3ccccc3OC(C)C)ncn2)cc1. The Bertz CT molecular complexity index is 942. The summed E-state index contributed by atoms with van der Waals surface area (Å²) in [6.07, 6.45) is 1.34. The minimum Gasteiger partial charge on any atom is -0.497 e. The van der Waals surface area contributed by atoms with E-state index in [9.17, 15) is 4.79 Å².